The lowest BCUT2D eigenvalue weighted by Gasteiger charge is -2.37. The molecule has 22 heavy (non-hydrogen) atoms. The van der Waals surface area contributed by atoms with Gasteiger partial charge < -0.3 is 0 Å². The Morgan fingerprint density at radius 3 is 2.05 bits per heavy atom. The summed E-state index contributed by atoms with van der Waals surface area (Å²) in [7, 11) is 0. The molecule has 1 aromatic carbocycles. The maximum Gasteiger partial charge on any atom is 0.238 e. The molecule has 1 aliphatic heterocycles. The second-order valence-electron chi connectivity index (χ2n) is 6.76. The van der Waals surface area contributed by atoms with Crippen LogP contribution < -0.4 is 4.90 Å². The first-order valence-electron chi connectivity index (χ1n) is 7.59. The summed E-state index contributed by atoms with van der Waals surface area (Å²) < 4.78 is 0. The molecule has 6 rings (SSSR count). The van der Waals surface area contributed by atoms with Gasteiger partial charge in [-0.25, -0.2) is 4.90 Å². The fourth-order valence-electron chi connectivity index (χ4n) is 4.84. The molecule has 0 aromatic heterocycles. The second kappa shape index (κ2) is 4.15. The third-order valence-electron chi connectivity index (χ3n) is 5.82. The lowest BCUT2D eigenvalue weighted by Crippen LogP contribution is -2.40. The molecular weight excluding hydrogens is 321 g/mol. The van der Waals surface area contributed by atoms with Crippen molar-refractivity contribution in [1.82, 2.24) is 0 Å². The van der Waals surface area contributed by atoms with Crippen molar-refractivity contribution in [3.05, 3.63) is 40.4 Å². The molecule has 3 fully saturated rings. The van der Waals surface area contributed by atoms with Gasteiger partial charge in [0.15, 0.2) is 0 Å². The Morgan fingerprint density at radius 1 is 0.909 bits per heavy atom. The van der Waals surface area contributed by atoms with Crippen LogP contribution in [0.1, 0.15) is 6.42 Å². The minimum atomic E-state index is -0.180. The first-order valence-corrected chi connectivity index (χ1v) is 8.34. The molecule has 0 unspecified atom stereocenters. The molecule has 5 aliphatic rings. The van der Waals surface area contributed by atoms with Gasteiger partial charge in [-0.15, -0.1) is 0 Å². The fourth-order valence-corrected chi connectivity index (χ4v) is 5.13. The molecule has 1 saturated heterocycles. The highest BCUT2D eigenvalue weighted by Crippen LogP contribution is 2.65. The SMILES string of the molecule is O=C1[C@@H]2[C@H]3C=C[C@@H]([C@@H]4C[C@H]34)[C@@H]2C(=O)N1c1ccc(Cl)c(Cl)c1. The summed E-state index contributed by atoms with van der Waals surface area (Å²) >= 11 is 12.0. The number of hydrogen-bond donors (Lipinski definition) is 0. The molecule has 5 heteroatoms. The van der Waals surface area contributed by atoms with Crippen LogP contribution in [0, 0.1) is 35.5 Å². The Labute approximate surface area is 137 Å². The summed E-state index contributed by atoms with van der Waals surface area (Å²) in [5.74, 6) is 1.20. The predicted octanol–water partition coefficient (Wildman–Crippen LogP) is 3.55. The predicted molar refractivity (Wildman–Crippen MR) is 83.7 cm³/mol. The molecule has 6 atom stereocenters. The highest BCUT2D eigenvalue weighted by Gasteiger charge is 2.67. The summed E-state index contributed by atoms with van der Waals surface area (Å²) in [6.07, 6.45) is 5.51. The summed E-state index contributed by atoms with van der Waals surface area (Å²) in [6.45, 7) is 0. The normalized spacial score (nSPS) is 40.9. The van der Waals surface area contributed by atoms with Gasteiger partial charge in [0.25, 0.3) is 0 Å². The summed E-state index contributed by atoms with van der Waals surface area (Å²) in [4.78, 5) is 27.1. The second-order valence-corrected chi connectivity index (χ2v) is 7.58. The lowest BCUT2D eigenvalue weighted by molar-refractivity contribution is -0.124. The monoisotopic (exact) mass is 333 g/mol. The van der Waals surface area contributed by atoms with Crippen molar-refractivity contribution in [1.29, 1.82) is 0 Å². The molecule has 2 amide bonds. The number of nitrogens with zero attached hydrogens (tertiary/aromatic N) is 1. The van der Waals surface area contributed by atoms with Crippen LogP contribution in [-0.4, -0.2) is 11.8 Å². The van der Waals surface area contributed by atoms with E-state index < -0.39 is 0 Å². The largest absolute Gasteiger partial charge is 0.274 e. The zero-order valence-corrected chi connectivity index (χ0v) is 13.1. The number of benzene rings is 1. The maximum absolute atomic E-state index is 12.9. The minimum absolute atomic E-state index is 0.0712. The molecule has 1 aromatic rings. The van der Waals surface area contributed by atoms with Crippen molar-refractivity contribution in [3.63, 3.8) is 0 Å². The third kappa shape index (κ3) is 1.49. The molecule has 0 radical (unpaired) electrons. The number of anilines is 1. The van der Waals surface area contributed by atoms with E-state index in [-0.39, 0.29) is 35.5 Å². The van der Waals surface area contributed by atoms with E-state index >= 15 is 0 Å². The van der Waals surface area contributed by atoms with Crippen LogP contribution in [0.4, 0.5) is 5.69 Å². The van der Waals surface area contributed by atoms with Crippen LogP contribution in [0.15, 0.2) is 30.4 Å². The number of allylic oxidation sites excluding steroid dienone is 2. The molecule has 112 valence electrons. The summed E-state index contributed by atoms with van der Waals surface area (Å²) in [5.41, 5.74) is 0.534. The Bertz CT molecular complexity index is 723. The van der Waals surface area contributed by atoms with Crippen LogP contribution in [0.3, 0.4) is 0 Å². The number of rotatable bonds is 1. The van der Waals surface area contributed by atoms with E-state index in [1.165, 1.54) is 11.3 Å². The topological polar surface area (TPSA) is 37.4 Å². The van der Waals surface area contributed by atoms with Crippen molar-refractivity contribution in [2.45, 2.75) is 6.42 Å². The van der Waals surface area contributed by atoms with Gasteiger partial charge in [0.1, 0.15) is 0 Å². The van der Waals surface area contributed by atoms with Gasteiger partial charge >= 0.3 is 0 Å². The van der Waals surface area contributed by atoms with E-state index in [0.717, 1.165) is 0 Å². The van der Waals surface area contributed by atoms with E-state index in [1.54, 1.807) is 18.2 Å². The average molecular weight is 334 g/mol. The number of amides is 2. The zero-order chi connectivity index (χ0) is 15.2. The molecule has 3 nitrogen and oxygen atoms in total. The number of carbonyl (C=O) groups excluding carboxylic acids is 2. The van der Waals surface area contributed by atoms with Crippen molar-refractivity contribution < 1.29 is 9.59 Å². The molecule has 2 saturated carbocycles. The molecule has 1 heterocycles. The van der Waals surface area contributed by atoms with Crippen LogP contribution in [0.5, 0.6) is 0 Å². The quantitative estimate of drug-likeness (QED) is 0.582. The number of halogens is 2. The fraction of sp³-hybridized carbons (Fsp3) is 0.412. The Morgan fingerprint density at radius 2 is 1.50 bits per heavy atom. The Hall–Kier alpha value is -1.32. The maximum atomic E-state index is 12.9. The molecule has 0 spiro atoms. The van der Waals surface area contributed by atoms with Gasteiger partial charge in [-0.05, 0) is 48.3 Å². The van der Waals surface area contributed by atoms with Crippen LogP contribution >= 0.6 is 23.2 Å². The van der Waals surface area contributed by atoms with Gasteiger partial charge in [-0.2, -0.15) is 0 Å². The summed E-state index contributed by atoms with van der Waals surface area (Å²) in [5, 5.41) is 0.781. The number of carbonyl (C=O) groups is 2. The van der Waals surface area contributed by atoms with E-state index in [4.69, 9.17) is 23.2 Å². The Balaban J connectivity index is 1.58. The third-order valence-corrected chi connectivity index (χ3v) is 6.56. The highest BCUT2D eigenvalue weighted by atomic mass is 35.5. The van der Waals surface area contributed by atoms with Crippen molar-refractivity contribution >= 4 is 40.7 Å². The standard InChI is InChI=1S/C17H13Cl2NO2/c18-12-4-1-7(5-13(12)19)20-16(21)14-8-2-3-9(11-6-10(8)11)15(14)17(20)22/h1-5,8-11,14-15H,6H2/t8-,9-,10-,11+,14-,15+/m0/s1. The van der Waals surface area contributed by atoms with Gasteiger partial charge in [-0.1, -0.05) is 35.4 Å². The van der Waals surface area contributed by atoms with Crippen LogP contribution in [-0.2, 0) is 9.59 Å². The molecule has 4 aliphatic carbocycles. The van der Waals surface area contributed by atoms with Crippen LogP contribution in [0.2, 0.25) is 10.0 Å². The first kappa shape index (κ1) is 13.1. The van der Waals surface area contributed by atoms with E-state index in [0.29, 0.717) is 27.6 Å². The van der Waals surface area contributed by atoms with Gasteiger partial charge in [0.2, 0.25) is 11.8 Å². The molecular formula is C17H13Cl2NO2. The number of hydrogen-bond acceptors (Lipinski definition) is 2. The van der Waals surface area contributed by atoms with Gasteiger partial charge in [-0.3, -0.25) is 9.59 Å². The first-order chi connectivity index (χ1) is 10.6. The zero-order valence-electron chi connectivity index (χ0n) is 11.6. The summed E-state index contributed by atoms with van der Waals surface area (Å²) in [6, 6.07) is 4.93. The smallest absolute Gasteiger partial charge is 0.238 e. The van der Waals surface area contributed by atoms with Crippen molar-refractivity contribution in [2.75, 3.05) is 4.90 Å². The van der Waals surface area contributed by atoms with Gasteiger partial charge in [0, 0.05) is 0 Å². The van der Waals surface area contributed by atoms with E-state index in [9.17, 15) is 9.59 Å². The highest BCUT2D eigenvalue weighted by molar-refractivity contribution is 6.42. The van der Waals surface area contributed by atoms with E-state index in [1.807, 2.05) is 0 Å². The van der Waals surface area contributed by atoms with Gasteiger partial charge in [0.05, 0.1) is 27.6 Å². The van der Waals surface area contributed by atoms with Crippen molar-refractivity contribution in [3.8, 4) is 0 Å². The lowest BCUT2D eigenvalue weighted by atomic mass is 9.63. The van der Waals surface area contributed by atoms with E-state index in [2.05, 4.69) is 12.2 Å². The average Bonchev–Trinajstić information content (AvgIpc) is 3.28. The molecule has 0 N–H and O–H groups in total. The number of imide groups is 1. The van der Waals surface area contributed by atoms with Crippen molar-refractivity contribution in [2.24, 2.45) is 35.5 Å². The minimum Gasteiger partial charge on any atom is -0.274 e. The van der Waals surface area contributed by atoms with Crippen LogP contribution in [0.25, 0.3) is 0 Å². The Kier molecular flexibility index (Phi) is 2.48. The molecule has 2 bridgehead atoms.